The van der Waals surface area contributed by atoms with Crippen LogP contribution in [0.15, 0.2) is 0 Å². The summed E-state index contributed by atoms with van der Waals surface area (Å²) in [5.41, 5.74) is 0. The van der Waals surface area contributed by atoms with Crippen molar-refractivity contribution >= 4 is 11.9 Å². The zero-order valence-electron chi connectivity index (χ0n) is 11.5. The highest BCUT2D eigenvalue weighted by Gasteiger charge is 2.31. The van der Waals surface area contributed by atoms with Gasteiger partial charge in [-0.25, -0.2) is 4.79 Å². The van der Waals surface area contributed by atoms with E-state index in [-0.39, 0.29) is 18.0 Å². The van der Waals surface area contributed by atoms with E-state index in [1.54, 1.807) is 6.92 Å². The highest BCUT2D eigenvalue weighted by atomic mass is 16.3. The zero-order chi connectivity index (χ0) is 13.8. The minimum Gasteiger partial charge on any atom is -0.393 e. The van der Waals surface area contributed by atoms with Crippen LogP contribution < -0.4 is 5.32 Å². The van der Waals surface area contributed by atoms with Crippen LogP contribution in [0, 0.1) is 0 Å². The summed E-state index contributed by atoms with van der Waals surface area (Å²) in [5, 5.41) is 12.0. The van der Waals surface area contributed by atoms with Gasteiger partial charge in [-0.2, -0.15) is 0 Å². The maximum atomic E-state index is 11.9. The van der Waals surface area contributed by atoms with Gasteiger partial charge in [0.2, 0.25) is 5.91 Å². The monoisotopic (exact) mass is 269 g/mol. The third-order valence-electron chi connectivity index (χ3n) is 3.92. The second-order valence-corrected chi connectivity index (χ2v) is 5.42. The van der Waals surface area contributed by atoms with E-state index in [1.807, 2.05) is 9.80 Å². The Bertz CT molecular complexity index is 338. The number of nitrogens with one attached hydrogen (secondary N) is 1. The van der Waals surface area contributed by atoms with Crippen molar-refractivity contribution in [3.8, 4) is 0 Å². The fourth-order valence-electron chi connectivity index (χ4n) is 2.75. The molecule has 2 N–H and O–H groups in total. The van der Waals surface area contributed by atoms with Crippen LogP contribution in [0.25, 0.3) is 0 Å². The van der Waals surface area contributed by atoms with Gasteiger partial charge in [0.15, 0.2) is 0 Å². The smallest absolute Gasteiger partial charge is 0.317 e. The van der Waals surface area contributed by atoms with Gasteiger partial charge in [-0.3, -0.25) is 4.79 Å². The van der Waals surface area contributed by atoms with E-state index in [4.69, 9.17) is 0 Å². The number of urea groups is 1. The minimum atomic E-state index is -0.421. The summed E-state index contributed by atoms with van der Waals surface area (Å²) in [6.07, 6.45) is 2.22. The molecule has 0 saturated carbocycles. The van der Waals surface area contributed by atoms with Gasteiger partial charge >= 0.3 is 6.03 Å². The maximum Gasteiger partial charge on any atom is 0.317 e. The van der Waals surface area contributed by atoms with Gasteiger partial charge in [0.05, 0.1) is 6.10 Å². The van der Waals surface area contributed by atoms with Gasteiger partial charge in [0.1, 0.15) is 0 Å². The van der Waals surface area contributed by atoms with E-state index < -0.39 is 6.10 Å². The number of amides is 3. The lowest BCUT2D eigenvalue weighted by Gasteiger charge is -2.36. The molecule has 1 unspecified atom stereocenters. The van der Waals surface area contributed by atoms with Crippen molar-refractivity contribution in [1.29, 1.82) is 0 Å². The van der Waals surface area contributed by atoms with Gasteiger partial charge < -0.3 is 20.2 Å². The molecule has 108 valence electrons. The molecule has 2 rings (SSSR count). The van der Waals surface area contributed by atoms with Crippen molar-refractivity contribution in [1.82, 2.24) is 15.1 Å². The summed E-state index contributed by atoms with van der Waals surface area (Å²) in [4.78, 5) is 27.2. The lowest BCUT2D eigenvalue weighted by Crippen LogP contribution is -2.47. The van der Waals surface area contributed by atoms with E-state index in [1.165, 1.54) is 0 Å². The fraction of sp³-hybridized carbons (Fsp3) is 0.846. The van der Waals surface area contributed by atoms with Crippen molar-refractivity contribution in [2.24, 2.45) is 0 Å². The number of carbonyl (C=O) groups excluding carboxylic acids is 2. The molecule has 19 heavy (non-hydrogen) atoms. The van der Waals surface area contributed by atoms with E-state index in [0.717, 1.165) is 25.9 Å². The molecule has 3 amide bonds. The van der Waals surface area contributed by atoms with Gasteiger partial charge in [-0.05, 0) is 26.2 Å². The first-order chi connectivity index (χ1) is 9.08. The Balaban J connectivity index is 1.75. The topological polar surface area (TPSA) is 72.9 Å². The Labute approximate surface area is 113 Å². The lowest BCUT2D eigenvalue weighted by atomic mass is 10.0. The van der Waals surface area contributed by atoms with Crippen LogP contribution in [-0.4, -0.2) is 65.2 Å². The molecule has 2 aliphatic heterocycles. The number of likely N-dealkylation sites (tertiary alicyclic amines) is 1. The molecule has 2 aliphatic rings. The molecule has 0 bridgehead atoms. The summed E-state index contributed by atoms with van der Waals surface area (Å²) in [5.74, 6) is 0.116. The zero-order valence-corrected chi connectivity index (χ0v) is 11.5. The van der Waals surface area contributed by atoms with Crippen LogP contribution >= 0.6 is 0 Å². The maximum absolute atomic E-state index is 11.9. The first-order valence-electron chi connectivity index (χ1n) is 7.08. The third-order valence-corrected chi connectivity index (χ3v) is 3.92. The van der Waals surface area contributed by atoms with Crippen molar-refractivity contribution in [2.75, 3.05) is 26.2 Å². The van der Waals surface area contributed by atoms with Crippen molar-refractivity contribution < 1.29 is 14.7 Å². The standard InChI is InChI=1S/C13H23N3O3/c1-10(17)2-3-12(18)15-7-4-11(5-8-15)16-9-6-14-13(16)19/h10-11,17H,2-9H2,1H3,(H,14,19). The number of aliphatic hydroxyl groups is 1. The second kappa shape index (κ2) is 6.23. The Hall–Kier alpha value is -1.30. The Morgan fingerprint density at radius 2 is 2.11 bits per heavy atom. The highest BCUT2D eigenvalue weighted by molar-refractivity contribution is 5.77. The number of piperidine rings is 1. The number of aliphatic hydroxyl groups excluding tert-OH is 1. The Kier molecular flexibility index (Phi) is 4.63. The van der Waals surface area contributed by atoms with Crippen LogP contribution in [0.1, 0.15) is 32.6 Å². The van der Waals surface area contributed by atoms with Crippen LogP contribution in [0.5, 0.6) is 0 Å². The summed E-state index contributed by atoms with van der Waals surface area (Å²) < 4.78 is 0. The third kappa shape index (κ3) is 3.59. The van der Waals surface area contributed by atoms with Crippen molar-refractivity contribution in [3.63, 3.8) is 0 Å². The number of hydrogen-bond acceptors (Lipinski definition) is 3. The van der Waals surface area contributed by atoms with Crippen LogP contribution in [-0.2, 0) is 4.79 Å². The van der Waals surface area contributed by atoms with Crippen molar-refractivity contribution in [2.45, 2.75) is 44.8 Å². The molecule has 6 nitrogen and oxygen atoms in total. The number of rotatable bonds is 4. The molecule has 0 aromatic heterocycles. The summed E-state index contributed by atoms with van der Waals surface area (Å²) in [7, 11) is 0. The van der Waals surface area contributed by atoms with E-state index >= 15 is 0 Å². The molecular weight excluding hydrogens is 246 g/mol. The average Bonchev–Trinajstić information content (AvgIpc) is 2.82. The number of carbonyl (C=O) groups is 2. The summed E-state index contributed by atoms with van der Waals surface area (Å²) in [6, 6.07) is 0.294. The Morgan fingerprint density at radius 3 is 2.63 bits per heavy atom. The summed E-state index contributed by atoms with van der Waals surface area (Å²) >= 11 is 0. The SMILES string of the molecule is CC(O)CCC(=O)N1CCC(N2CCNC2=O)CC1. The van der Waals surface area contributed by atoms with E-state index in [2.05, 4.69) is 5.32 Å². The molecule has 1 atom stereocenters. The molecule has 0 aromatic carbocycles. The molecule has 0 radical (unpaired) electrons. The summed E-state index contributed by atoms with van der Waals surface area (Å²) in [6.45, 7) is 4.64. The molecular formula is C13H23N3O3. The molecule has 6 heteroatoms. The van der Waals surface area contributed by atoms with Crippen LogP contribution in [0.4, 0.5) is 4.79 Å². The lowest BCUT2D eigenvalue weighted by molar-refractivity contribution is -0.133. The predicted octanol–water partition coefficient (Wildman–Crippen LogP) is 0.164. The number of hydrogen-bond donors (Lipinski definition) is 2. The second-order valence-electron chi connectivity index (χ2n) is 5.42. The normalized spacial score (nSPS) is 22.5. The van der Waals surface area contributed by atoms with Crippen LogP contribution in [0.2, 0.25) is 0 Å². The molecule has 0 spiro atoms. The van der Waals surface area contributed by atoms with Gasteiger partial charge in [-0.1, -0.05) is 0 Å². The van der Waals surface area contributed by atoms with E-state index in [0.29, 0.717) is 25.9 Å². The molecule has 2 fully saturated rings. The van der Waals surface area contributed by atoms with Gasteiger partial charge in [-0.15, -0.1) is 0 Å². The van der Waals surface area contributed by atoms with Gasteiger partial charge in [0, 0.05) is 38.6 Å². The molecule has 0 aromatic rings. The van der Waals surface area contributed by atoms with E-state index in [9.17, 15) is 14.7 Å². The first kappa shape index (κ1) is 14.1. The predicted molar refractivity (Wildman–Crippen MR) is 70.6 cm³/mol. The highest BCUT2D eigenvalue weighted by Crippen LogP contribution is 2.19. The fourth-order valence-corrected chi connectivity index (χ4v) is 2.75. The molecule has 2 saturated heterocycles. The molecule has 2 heterocycles. The minimum absolute atomic E-state index is 0.0267. The average molecular weight is 269 g/mol. The Morgan fingerprint density at radius 1 is 1.42 bits per heavy atom. The first-order valence-corrected chi connectivity index (χ1v) is 7.08. The molecule has 0 aliphatic carbocycles. The largest absolute Gasteiger partial charge is 0.393 e. The van der Waals surface area contributed by atoms with Crippen LogP contribution in [0.3, 0.4) is 0 Å². The van der Waals surface area contributed by atoms with Crippen molar-refractivity contribution in [3.05, 3.63) is 0 Å². The quantitative estimate of drug-likeness (QED) is 0.764. The van der Waals surface area contributed by atoms with Gasteiger partial charge in [0.25, 0.3) is 0 Å². The number of nitrogens with zero attached hydrogens (tertiary/aromatic N) is 2.